The first-order chi connectivity index (χ1) is 5.83. The zero-order valence-electron chi connectivity index (χ0n) is 6.66. The molecule has 12 heavy (non-hydrogen) atoms. The van der Waals surface area contributed by atoms with E-state index in [1.807, 2.05) is 18.2 Å². The van der Waals surface area contributed by atoms with Gasteiger partial charge in [-0.15, -0.1) is 18.3 Å². The summed E-state index contributed by atoms with van der Waals surface area (Å²) in [6, 6.07) is 5.64. The van der Waals surface area contributed by atoms with Crippen molar-refractivity contribution in [3.63, 3.8) is 0 Å². The Bertz CT molecular complexity index is 262. The molecule has 1 aromatic heterocycles. The number of thioether (sulfide) groups is 1. The number of pyridine rings is 1. The zero-order chi connectivity index (χ0) is 8.81. The number of nitrogens with zero attached hydrogens (tertiary/aromatic N) is 1. The van der Waals surface area contributed by atoms with Crippen LogP contribution in [0, 0.1) is 0 Å². The third kappa shape index (κ3) is 3.28. The van der Waals surface area contributed by atoms with Gasteiger partial charge in [-0.2, -0.15) is 0 Å². The molecule has 0 spiro atoms. The van der Waals surface area contributed by atoms with Gasteiger partial charge < -0.3 is 0 Å². The lowest BCUT2D eigenvalue weighted by atomic mass is 10.5. The summed E-state index contributed by atoms with van der Waals surface area (Å²) in [6.07, 6.45) is 2.90. The molecule has 0 fully saturated rings. The molecule has 0 bridgehead atoms. The molecular formula is C9H10ClNS. The predicted molar refractivity (Wildman–Crippen MR) is 54.8 cm³/mol. The zero-order valence-corrected chi connectivity index (χ0v) is 8.24. The van der Waals surface area contributed by atoms with Crippen LogP contribution >= 0.6 is 23.4 Å². The largest absolute Gasteiger partial charge is 0.230 e. The third-order valence-electron chi connectivity index (χ3n) is 1.26. The average Bonchev–Trinajstić information content (AvgIpc) is 2.05. The van der Waals surface area contributed by atoms with Crippen molar-refractivity contribution in [3.8, 4) is 0 Å². The molecule has 1 heterocycles. The fraction of sp³-hybridized carbons (Fsp3) is 0.222. The molecule has 0 atom stereocenters. The second-order valence-electron chi connectivity index (χ2n) is 2.22. The van der Waals surface area contributed by atoms with Crippen molar-refractivity contribution in [3.05, 3.63) is 36.0 Å². The summed E-state index contributed by atoms with van der Waals surface area (Å²) < 4.78 is 0. The van der Waals surface area contributed by atoms with E-state index in [1.54, 1.807) is 17.8 Å². The molecule has 64 valence electrons. The number of halogens is 1. The van der Waals surface area contributed by atoms with Crippen molar-refractivity contribution in [2.24, 2.45) is 0 Å². The Balaban J connectivity index is 2.46. The van der Waals surface area contributed by atoms with E-state index in [0.717, 1.165) is 17.2 Å². The Hall–Kier alpha value is -0.470. The number of rotatable bonds is 4. The minimum atomic E-state index is 0.554. The number of hydrogen-bond donors (Lipinski definition) is 0. The van der Waals surface area contributed by atoms with Gasteiger partial charge in [-0.05, 0) is 18.6 Å². The molecule has 0 N–H and O–H groups in total. The first kappa shape index (κ1) is 9.62. The Kier molecular flexibility index (Phi) is 4.19. The molecule has 3 heteroatoms. The highest BCUT2D eigenvalue weighted by Gasteiger charge is 1.94. The van der Waals surface area contributed by atoms with Gasteiger partial charge in [-0.1, -0.05) is 23.7 Å². The highest BCUT2D eigenvalue weighted by molar-refractivity contribution is 7.99. The summed E-state index contributed by atoms with van der Waals surface area (Å²) >= 11 is 7.41. The summed E-state index contributed by atoms with van der Waals surface area (Å²) in [6.45, 7) is 3.65. The van der Waals surface area contributed by atoms with Crippen LogP contribution in [0.3, 0.4) is 0 Å². The first-order valence-electron chi connectivity index (χ1n) is 3.69. The summed E-state index contributed by atoms with van der Waals surface area (Å²) in [7, 11) is 0. The third-order valence-corrected chi connectivity index (χ3v) is 2.43. The second-order valence-corrected chi connectivity index (χ2v) is 3.73. The van der Waals surface area contributed by atoms with Crippen molar-refractivity contribution in [1.82, 2.24) is 4.98 Å². The SMILES string of the molecule is C=CCCSc1cccc(Cl)n1. The monoisotopic (exact) mass is 199 g/mol. The Morgan fingerprint density at radius 2 is 2.42 bits per heavy atom. The Morgan fingerprint density at radius 3 is 3.08 bits per heavy atom. The highest BCUT2D eigenvalue weighted by atomic mass is 35.5. The average molecular weight is 200 g/mol. The molecule has 0 saturated heterocycles. The molecule has 0 aliphatic heterocycles. The predicted octanol–water partition coefficient (Wildman–Crippen LogP) is 3.40. The quantitative estimate of drug-likeness (QED) is 0.319. The van der Waals surface area contributed by atoms with E-state index in [0.29, 0.717) is 5.15 Å². The summed E-state index contributed by atoms with van der Waals surface area (Å²) in [5.74, 6) is 1.01. The van der Waals surface area contributed by atoms with E-state index in [1.165, 1.54) is 0 Å². The van der Waals surface area contributed by atoms with Crippen molar-refractivity contribution in [2.75, 3.05) is 5.75 Å². The van der Waals surface area contributed by atoms with Crippen LogP contribution in [0.15, 0.2) is 35.9 Å². The maximum atomic E-state index is 5.71. The Labute approximate surface area is 81.8 Å². The number of allylic oxidation sites excluding steroid dienone is 1. The molecule has 0 unspecified atom stereocenters. The highest BCUT2D eigenvalue weighted by Crippen LogP contribution is 2.17. The smallest absolute Gasteiger partial charge is 0.130 e. The van der Waals surface area contributed by atoms with Crippen molar-refractivity contribution < 1.29 is 0 Å². The standard InChI is InChI=1S/C9H10ClNS/c1-2-3-7-12-9-6-4-5-8(10)11-9/h2,4-6H,1,3,7H2. The van der Waals surface area contributed by atoms with Gasteiger partial charge in [0.2, 0.25) is 0 Å². The molecule has 1 rings (SSSR count). The molecule has 1 aromatic rings. The van der Waals surface area contributed by atoms with E-state index in [4.69, 9.17) is 11.6 Å². The summed E-state index contributed by atoms with van der Waals surface area (Å²) in [5, 5.41) is 1.53. The van der Waals surface area contributed by atoms with E-state index in [2.05, 4.69) is 11.6 Å². The maximum Gasteiger partial charge on any atom is 0.130 e. The van der Waals surface area contributed by atoms with Crippen LogP contribution in [0.25, 0.3) is 0 Å². The minimum Gasteiger partial charge on any atom is -0.230 e. The van der Waals surface area contributed by atoms with Crippen LogP contribution in [0.1, 0.15) is 6.42 Å². The van der Waals surface area contributed by atoms with E-state index in [9.17, 15) is 0 Å². The van der Waals surface area contributed by atoms with Gasteiger partial charge in [0.25, 0.3) is 0 Å². The normalized spacial score (nSPS) is 9.75. The molecule has 0 aromatic carbocycles. The maximum absolute atomic E-state index is 5.71. The topological polar surface area (TPSA) is 12.9 Å². The molecule has 0 aliphatic carbocycles. The molecule has 0 radical (unpaired) electrons. The van der Waals surface area contributed by atoms with Crippen LogP contribution in [0.2, 0.25) is 5.15 Å². The van der Waals surface area contributed by atoms with Crippen LogP contribution in [0.5, 0.6) is 0 Å². The molecule has 0 aliphatic rings. The van der Waals surface area contributed by atoms with Gasteiger partial charge in [0.1, 0.15) is 5.15 Å². The van der Waals surface area contributed by atoms with E-state index >= 15 is 0 Å². The van der Waals surface area contributed by atoms with E-state index < -0.39 is 0 Å². The molecule has 0 saturated carbocycles. The van der Waals surface area contributed by atoms with Crippen molar-refractivity contribution in [2.45, 2.75) is 11.4 Å². The van der Waals surface area contributed by atoms with Gasteiger partial charge in [0.15, 0.2) is 0 Å². The summed E-state index contributed by atoms with van der Waals surface area (Å²) in [5.41, 5.74) is 0. The lowest BCUT2D eigenvalue weighted by Gasteiger charge is -1.97. The number of hydrogen-bond acceptors (Lipinski definition) is 2. The van der Waals surface area contributed by atoms with Gasteiger partial charge in [0, 0.05) is 5.75 Å². The fourth-order valence-electron chi connectivity index (χ4n) is 0.717. The second kappa shape index (κ2) is 5.22. The van der Waals surface area contributed by atoms with Crippen LogP contribution in [-0.4, -0.2) is 10.7 Å². The first-order valence-corrected chi connectivity index (χ1v) is 5.05. The molecule has 1 nitrogen and oxygen atoms in total. The van der Waals surface area contributed by atoms with Crippen LogP contribution in [-0.2, 0) is 0 Å². The van der Waals surface area contributed by atoms with Gasteiger partial charge >= 0.3 is 0 Å². The van der Waals surface area contributed by atoms with E-state index in [-0.39, 0.29) is 0 Å². The number of aromatic nitrogens is 1. The van der Waals surface area contributed by atoms with Crippen molar-refractivity contribution in [1.29, 1.82) is 0 Å². The molecular weight excluding hydrogens is 190 g/mol. The lowest BCUT2D eigenvalue weighted by Crippen LogP contribution is -1.81. The fourth-order valence-corrected chi connectivity index (χ4v) is 1.76. The van der Waals surface area contributed by atoms with Crippen molar-refractivity contribution >= 4 is 23.4 Å². The molecule has 0 amide bonds. The lowest BCUT2D eigenvalue weighted by molar-refractivity contribution is 1.12. The summed E-state index contributed by atoms with van der Waals surface area (Å²) in [4.78, 5) is 4.14. The minimum absolute atomic E-state index is 0.554. The van der Waals surface area contributed by atoms with Gasteiger partial charge in [-0.3, -0.25) is 0 Å². The van der Waals surface area contributed by atoms with Crippen LogP contribution in [0.4, 0.5) is 0 Å². The van der Waals surface area contributed by atoms with Crippen LogP contribution < -0.4 is 0 Å². The van der Waals surface area contributed by atoms with Gasteiger partial charge in [0.05, 0.1) is 5.03 Å². The Morgan fingerprint density at radius 1 is 1.58 bits per heavy atom. The van der Waals surface area contributed by atoms with Gasteiger partial charge in [-0.25, -0.2) is 4.98 Å².